The summed E-state index contributed by atoms with van der Waals surface area (Å²) in [5, 5.41) is 14.5. The maximum atomic E-state index is 11.9. The van der Waals surface area contributed by atoms with Crippen molar-refractivity contribution in [3.05, 3.63) is 0 Å². The van der Waals surface area contributed by atoms with Crippen molar-refractivity contribution in [2.45, 2.75) is 44.6 Å². The largest absolute Gasteiger partial charge is 0.409 e. The minimum absolute atomic E-state index is 0.0221. The molecule has 1 aliphatic carbocycles. The number of nitrogens with zero attached hydrogens (tertiary/aromatic N) is 1. The third-order valence-corrected chi connectivity index (χ3v) is 3.81. The fraction of sp³-hybridized carbons (Fsp3) is 0.833. The Morgan fingerprint density at radius 1 is 1.50 bits per heavy atom. The molecule has 18 heavy (non-hydrogen) atoms. The van der Waals surface area contributed by atoms with Gasteiger partial charge in [0, 0.05) is 13.2 Å². The number of carbonyl (C=O) groups is 1. The molecule has 0 aromatic rings. The fourth-order valence-electron chi connectivity index (χ4n) is 2.37. The summed E-state index contributed by atoms with van der Waals surface area (Å²) in [4.78, 5) is 11.9. The van der Waals surface area contributed by atoms with E-state index in [1.807, 2.05) is 0 Å². The summed E-state index contributed by atoms with van der Waals surface area (Å²) in [5.74, 6) is -0.109. The first-order chi connectivity index (χ1) is 8.69. The van der Waals surface area contributed by atoms with Gasteiger partial charge in [-0.1, -0.05) is 5.16 Å². The van der Waals surface area contributed by atoms with Crippen molar-refractivity contribution in [1.82, 2.24) is 5.32 Å². The topological polar surface area (TPSA) is 96.9 Å². The number of ether oxygens (including phenoxy) is 1. The van der Waals surface area contributed by atoms with Crippen molar-refractivity contribution < 1.29 is 14.7 Å². The zero-order valence-electron chi connectivity index (χ0n) is 10.5. The number of amidine groups is 1. The normalized spacial score (nSPS) is 26.7. The molecule has 1 saturated carbocycles. The lowest BCUT2D eigenvalue weighted by Crippen LogP contribution is -2.41. The lowest BCUT2D eigenvalue weighted by Gasteiger charge is -2.23. The van der Waals surface area contributed by atoms with Gasteiger partial charge < -0.3 is 21.0 Å². The van der Waals surface area contributed by atoms with Crippen molar-refractivity contribution in [2.75, 3.05) is 13.2 Å². The third-order valence-electron chi connectivity index (χ3n) is 3.81. The average Bonchev–Trinajstić information content (AvgIpc) is 3.20. The van der Waals surface area contributed by atoms with Crippen LogP contribution in [0, 0.1) is 5.41 Å². The second-order valence-electron chi connectivity index (χ2n) is 5.10. The highest BCUT2D eigenvalue weighted by Crippen LogP contribution is 2.45. The zero-order valence-corrected chi connectivity index (χ0v) is 10.5. The van der Waals surface area contributed by atoms with Crippen LogP contribution in [-0.4, -0.2) is 36.2 Å². The molecule has 0 bridgehead atoms. The number of hydrogen-bond acceptors (Lipinski definition) is 4. The molecular formula is C12H21N3O3. The van der Waals surface area contributed by atoms with E-state index < -0.39 is 5.41 Å². The number of hydrogen-bond donors (Lipinski definition) is 3. The Balaban J connectivity index is 1.72. The van der Waals surface area contributed by atoms with E-state index in [0.717, 1.165) is 25.9 Å². The highest BCUT2D eigenvalue weighted by molar-refractivity contribution is 6.09. The van der Waals surface area contributed by atoms with E-state index in [0.29, 0.717) is 19.4 Å². The summed E-state index contributed by atoms with van der Waals surface area (Å²) in [6, 6.07) is 0. The second kappa shape index (κ2) is 5.56. The van der Waals surface area contributed by atoms with Crippen LogP contribution in [-0.2, 0) is 9.53 Å². The second-order valence-corrected chi connectivity index (χ2v) is 5.10. The number of nitrogens with one attached hydrogen (secondary N) is 1. The molecule has 0 aromatic carbocycles. The van der Waals surface area contributed by atoms with Gasteiger partial charge in [0.1, 0.15) is 5.41 Å². The van der Waals surface area contributed by atoms with Crippen molar-refractivity contribution in [3.8, 4) is 0 Å². The minimum Gasteiger partial charge on any atom is -0.409 e. The highest BCUT2D eigenvalue weighted by Gasteiger charge is 2.54. The van der Waals surface area contributed by atoms with Gasteiger partial charge in [-0.2, -0.15) is 0 Å². The van der Waals surface area contributed by atoms with Gasteiger partial charge in [-0.05, 0) is 38.5 Å². The predicted molar refractivity (Wildman–Crippen MR) is 66.3 cm³/mol. The molecule has 1 amide bonds. The zero-order chi connectivity index (χ0) is 13.0. The number of oxime groups is 1. The molecular weight excluding hydrogens is 234 g/mol. The molecule has 2 rings (SSSR count). The van der Waals surface area contributed by atoms with Gasteiger partial charge in [-0.25, -0.2) is 0 Å². The van der Waals surface area contributed by atoms with Crippen molar-refractivity contribution in [1.29, 1.82) is 0 Å². The van der Waals surface area contributed by atoms with Gasteiger partial charge in [-0.15, -0.1) is 0 Å². The number of carbonyl (C=O) groups excluding carboxylic acids is 1. The summed E-state index contributed by atoms with van der Waals surface area (Å²) in [7, 11) is 0. The smallest absolute Gasteiger partial charge is 0.233 e. The fourth-order valence-corrected chi connectivity index (χ4v) is 2.37. The molecule has 102 valence electrons. The van der Waals surface area contributed by atoms with Crippen LogP contribution in [0.3, 0.4) is 0 Å². The SMILES string of the molecule is NC(=NO)C1(C(=O)NCCC2CCCCO2)CC1. The highest BCUT2D eigenvalue weighted by atomic mass is 16.5. The molecule has 4 N–H and O–H groups in total. The minimum atomic E-state index is -0.748. The van der Waals surface area contributed by atoms with Crippen LogP contribution >= 0.6 is 0 Å². The van der Waals surface area contributed by atoms with Gasteiger partial charge in [-0.3, -0.25) is 4.79 Å². The summed E-state index contributed by atoms with van der Waals surface area (Å²) < 4.78 is 5.59. The molecule has 2 aliphatic rings. The molecule has 2 fully saturated rings. The Bertz CT molecular complexity index is 333. The maximum absolute atomic E-state index is 11.9. The van der Waals surface area contributed by atoms with Gasteiger partial charge >= 0.3 is 0 Å². The number of rotatable bonds is 5. The Hall–Kier alpha value is -1.30. The molecule has 1 aliphatic heterocycles. The van der Waals surface area contributed by atoms with Crippen LogP contribution in [0.25, 0.3) is 0 Å². The van der Waals surface area contributed by atoms with Crippen molar-refractivity contribution >= 4 is 11.7 Å². The van der Waals surface area contributed by atoms with E-state index in [-0.39, 0.29) is 17.8 Å². The quantitative estimate of drug-likeness (QED) is 0.290. The van der Waals surface area contributed by atoms with E-state index in [2.05, 4.69) is 10.5 Å². The Labute approximate surface area is 107 Å². The van der Waals surface area contributed by atoms with Crippen LogP contribution in [0.1, 0.15) is 38.5 Å². The van der Waals surface area contributed by atoms with Crippen LogP contribution in [0.4, 0.5) is 0 Å². The third kappa shape index (κ3) is 2.75. The van der Waals surface area contributed by atoms with E-state index in [1.165, 1.54) is 6.42 Å². The summed E-state index contributed by atoms with van der Waals surface area (Å²) in [6.07, 6.45) is 5.82. The van der Waals surface area contributed by atoms with E-state index >= 15 is 0 Å². The van der Waals surface area contributed by atoms with Gasteiger partial charge in [0.25, 0.3) is 0 Å². The maximum Gasteiger partial charge on any atom is 0.233 e. The number of amides is 1. The molecule has 6 nitrogen and oxygen atoms in total. The van der Waals surface area contributed by atoms with E-state index in [4.69, 9.17) is 15.7 Å². The molecule has 0 spiro atoms. The monoisotopic (exact) mass is 255 g/mol. The Kier molecular flexibility index (Phi) is 4.06. The molecule has 1 saturated heterocycles. The van der Waals surface area contributed by atoms with Crippen LogP contribution in [0.15, 0.2) is 5.16 Å². The molecule has 0 radical (unpaired) electrons. The molecule has 0 aromatic heterocycles. The molecule has 1 unspecified atom stereocenters. The lowest BCUT2D eigenvalue weighted by molar-refractivity contribution is -0.124. The van der Waals surface area contributed by atoms with Crippen molar-refractivity contribution in [2.24, 2.45) is 16.3 Å². The van der Waals surface area contributed by atoms with Gasteiger partial charge in [0.2, 0.25) is 5.91 Å². The first-order valence-corrected chi connectivity index (χ1v) is 6.57. The predicted octanol–water partition coefficient (Wildman–Crippen LogP) is 0.588. The lowest BCUT2D eigenvalue weighted by atomic mass is 10.0. The van der Waals surface area contributed by atoms with Gasteiger partial charge in [0.15, 0.2) is 5.84 Å². The standard InChI is InChI=1S/C12H21N3O3/c13-10(15-17)12(5-6-12)11(16)14-7-4-9-3-1-2-8-18-9/h9,17H,1-8H2,(H2,13,15)(H,14,16). The Morgan fingerprint density at radius 2 is 2.28 bits per heavy atom. The summed E-state index contributed by atoms with van der Waals surface area (Å²) in [6.45, 7) is 1.41. The summed E-state index contributed by atoms with van der Waals surface area (Å²) >= 11 is 0. The first-order valence-electron chi connectivity index (χ1n) is 6.57. The molecule has 1 atom stereocenters. The van der Waals surface area contributed by atoms with E-state index in [1.54, 1.807) is 0 Å². The van der Waals surface area contributed by atoms with Crippen molar-refractivity contribution in [3.63, 3.8) is 0 Å². The van der Waals surface area contributed by atoms with Gasteiger partial charge in [0.05, 0.1) is 6.10 Å². The van der Waals surface area contributed by atoms with Crippen LogP contribution < -0.4 is 11.1 Å². The molecule has 1 heterocycles. The Morgan fingerprint density at radius 3 is 2.83 bits per heavy atom. The molecule has 6 heteroatoms. The van der Waals surface area contributed by atoms with Crippen LogP contribution in [0.2, 0.25) is 0 Å². The van der Waals surface area contributed by atoms with E-state index in [9.17, 15) is 4.79 Å². The summed E-state index contributed by atoms with van der Waals surface area (Å²) in [5.41, 5.74) is 4.80. The average molecular weight is 255 g/mol. The van der Waals surface area contributed by atoms with Crippen LogP contribution in [0.5, 0.6) is 0 Å². The number of nitrogens with two attached hydrogens (primary N) is 1. The first kappa shape index (κ1) is 13.1.